The molecule has 0 aromatic carbocycles. The van der Waals surface area contributed by atoms with Gasteiger partial charge in [0.15, 0.2) is 0 Å². The van der Waals surface area contributed by atoms with E-state index < -0.39 is 29.7 Å². The van der Waals surface area contributed by atoms with Crippen molar-refractivity contribution in [1.29, 1.82) is 0 Å². The molecule has 0 aromatic heterocycles. The molecule has 0 saturated carbocycles. The first-order chi connectivity index (χ1) is 6.39. The normalized spacial score (nSPS) is 12.1. The zero-order chi connectivity index (χ0) is 12.7. The average molecular weight is 504 g/mol. The number of carbonyl (C=O) groups is 2. The largest absolute Gasteiger partial charge is 1.00 e. The van der Waals surface area contributed by atoms with Crippen LogP contribution in [0.3, 0.4) is 0 Å². The number of hydrogen-bond donors (Lipinski definition) is 0. The van der Waals surface area contributed by atoms with E-state index in [9.17, 15) is 46.1 Å². The Bertz CT molecular complexity index is 279. The first-order valence-corrected chi connectivity index (χ1v) is 2.95. The quantitative estimate of drug-likeness (QED) is 0.357. The van der Waals surface area contributed by atoms with Gasteiger partial charge in [0.05, 0.1) is 0 Å². The van der Waals surface area contributed by atoms with Crippen molar-refractivity contribution < 1.29 is 184 Å². The van der Waals surface area contributed by atoms with Gasteiger partial charge >= 0.3 is 156 Å². The molecule has 0 bridgehead atoms. The molecule has 4 nitrogen and oxygen atoms in total. The molecule has 0 aliphatic rings. The van der Waals surface area contributed by atoms with Gasteiger partial charge < -0.3 is 19.8 Å². The van der Waals surface area contributed by atoms with Crippen LogP contribution in [0.5, 0.6) is 0 Å². The van der Waals surface area contributed by atoms with Crippen LogP contribution in [-0.4, -0.2) is 29.7 Å². The van der Waals surface area contributed by atoms with Gasteiger partial charge in [-0.3, -0.25) is 0 Å². The molecule has 0 heterocycles. The molecule has 17 heavy (non-hydrogen) atoms. The molecule has 0 aliphatic carbocycles. The maximum Gasteiger partial charge on any atom is 1.00 e. The summed E-state index contributed by atoms with van der Waals surface area (Å²) < 4.78 is 72.3. The Hall–Kier alpha value is 2.62. The summed E-state index contributed by atoms with van der Waals surface area (Å²) in [6, 6.07) is 0. The molecule has 88 valence electrons. The minimum absolute atomic E-state index is 0. The first-order valence-electron chi connectivity index (χ1n) is 2.95. The minimum Gasteiger partial charge on any atom is -0.544 e. The smallest absolute Gasteiger partial charge is 0.544 e. The number of carboxylic acids is 2. The van der Waals surface area contributed by atoms with E-state index >= 15 is 0 Å². The van der Waals surface area contributed by atoms with Crippen molar-refractivity contribution in [2.24, 2.45) is 0 Å². The fourth-order valence-corrected chi connectivity index (χ4v) is 0.454. The van der Waals surface area contributed by atoms with Crippen molar-refractivity contribution in [3.05, 3.63) is 0 Å². The van der Waals surface area contributed by atoms with Crippen molar-refractivity contribution in [3.63, 3.8) is 0 Å². The molecule has 0 spiro atoms. The molecule has 0 saturated heterocycles. The van der Waals surface area contributed by atoms with Crippen LogP contribution in [0, 0.1) is 0 Å². The predicted molar refractivity (Wildman–Crippen MR) is 24.9 cm³/mol. The van der Waals surface area contributed by atoms with E-state index in [1.54, 1.807) is 0 Å². The summed E-state index contributed by atoms with van der Waals surface area (Å²) in [5.41, 5.74) is 0. The number of carbonyl (C=O) groups excluding carboxylic acids is 2. The van der Waals surface area contributed by atoms with E-state index in [1.165, 1.54) is 0 Å². The van der Waals surface area contributed by atoms with Crippen molar-refractivity contribution in [2.75, 3.05) is 0 Å². The zero-order valence-corrected chi connectivity index (χ0v) is 21.0. The number of rotatable bonds is 4. The van der Waals surface area contributed by atoms with Crippen molar-refractivity contribution in [2.45, 2.75) is 17.8 Å². The van der Waals surface area contributed by atoms with Crippen LogP contribution in [0.15, 0.2) is 0 Å². The number of aliphatic carboxylic acids is 2. The molecule has 0 rings (SSSR count). The molecule has 0 aliphatic heterocycles. The Morgan fingerprint density at radius 3 is 1.00 bits per heavy atom. The number of carboxylic acid groups (broad SMARTS) is 2. The summed E-state index contributed by atoms with van der Waals surface area (Å²) >= 11 is 0. The van der Waals surface area contributed by atoms with Gasteiger partial charge in [0, 0.05) is 0 Å². The monoisotopic (exact) mass is 504 g/mol. The van der Waals surface area contributed by atoms with Crippen LogP contribution in [0.25, 0.3) is 0 Å². The van der Waals surface area contributed by atoms with Crippen LogP contribution in [0.2, 0.25) is 0 Å². The topological polar surface area (TPSA) is 80.3 Å². The molecule has 12 heteroatoms. The van der Waals surface area contributed by atoms with Gasteiger partial charge in [-0.15, -0.1) is 0 Å². The minimum atomic E-state index is -6.66. The standard InChI is InChI=1S/C5H2F6O4.2Cs/c6-3(7,1(12)13)5(10,11)4(8,9)2(14)15;;/h(H,12,13)(H,14,15);;/q;2*+1/p-2. The van der Waals surface area contributed by atoms with Gasteiger partial charge in [0.1, 0.15) is 11.9 Å². The Kier molecular flexibility index (Phi) is 11.8. The third kappa shape index (κ3) is 4.84. The third-order valence-electron chi connectivity index (χ3n) is 1.30. The van der Waals surface area contributed by atoms with E-state index in [2.05, 4.69) is 0 Å². The molecule has 0 fully saturated rings. The molecule has 0 N–H and O–H groups in total. The Morgan fingerprint density at radius 2 is 0.882 bits per heavy atom. The van der Waals surface area contributed by atoms with Crippen molar-refractivity contribution in [3.8, 4) is 0 Å². The summed E-state index contributed by atoms with van der Waals surface area (Å²) in [5, 5.41) is 18.9. The Balaban J connectivity index is -0.000000980. The molecule has 0 atom stereocenters. The molecule has 0 radical (unpaired) electrons. The fourth-order valence-electron chi connectivity index (χ4n) is 0.454. The van der Waals surface area contributed by atoms with E-state index in [-0.39, 0.29) is 138 Å². The van der Waals surface area contributed by atoms with E-state index in [0.717, 1.165) is 0 Å². The van der Waals surface area contributed by atoms with E-state index in [0.29, 0.717) is 0 Å². The maximum atomic E-state index is 12.1. The van der Waals surface area contributed by atoms with Crippen molar-refractivity contribution in [1.82, 2.24) is 0 Å². The van der Waals surface area contributed by atoms with E-state index in [1.807, 2.05) is 0 Å². The van der Waals surface area contributed by atoms with Crippen LogP contribution in [0.1, 0.15) is 0 Å². The summed E-state index contributed by atoms with van der Waals surface area (Å²) in [6.45, 7) is 0. The fraction of sp³-hybridized carbons (Fsp3) is 0.600. The second-order valence-electron chi connectivity index (χ2n) is 2.30. The second kappa shape index (κ2) is 8.16. The predicted octanol–water partition coefficient (Wildman–Crippen LogP) is -7.60. The number of alkyl halides is 6. The maximum absolute atomic E-state index is 12.1. The molecular weight excluding hydrogens is 504 g/mol. The Labute approximate surface area is 208 Å². The van der Waals surface area contributed by atoms with Crippen LogP contribution in [-0.2, 0) is 9.59 Å². The van der Waals surface area contributed by atoms with E-state index in [4.69, 9.17) is 0 Å². The molecule has 0 aromatic rings. The van der Waals surface area contributed by atoms with Gasteiger partial charge in [-0.2, -0.15) is 26.3 Å². The summed E-state index contributed by atoms with van der Waals surface area (Å²) in [5.74, 6) is -27.0. The number of halogens is 6. The number of hydrogen-bond acceptors (Lipinski definition) is 4. The second-order valence-corrected chi connectivity index (χ2v) is 2.30. The summed E-state index contributed by atoms with van der Waals surface area (Å²) in [7, 11) is 0. The summed E-state index contributed by atoms with van der Waals surface area (Å²) in [6.07, 6.45) is 0. The molecular formula is C5Cs2F6O4. The zero-order valence-electron chi connectivity index (χ0n) is 8.40. The Morgan fingerprint density at radius 1 is 0.706 bits per heavy atom. The third-order valence-corrected chi connectivity index (χ3v) is 1.30. The average Bonchev–Trinajstić information content (AvgIpc) is 2.02. The van der Waals surface area contributed by atoms with Crippen LogP contribution >= 0.6 is 0 Å². The van der Waals surface area contributed by atoms with Gasteiger partial charge in [-0.05, 0) is 0 Å². The summed E-state index contributed by atoms with van der Waals surface area (Å²) in [4.78, 5) is 18.9. The van der Waals surface area contributed by atoms with Gasteiger partial charge in [-0.25, -0.2) is 0 Å². The van der Waals surface area contributed by atoms with Crippen molar-refractivity contribution >= 4 is 11.9 Å². The molecule has 0 unspecified atom stereocenters. The molecule has 0 amide bonds. The van der Waals surface area contributed by atoms with Gasteiger partial charge in [-0.1, -0.05) is 0 Å². The SMILES string of the molecule is O=C([O-])C(F)(F)C(F)(F)C(F)(F)C(=O)[O-].[Cs+].[Cs+]. The first kappa shape index (κ1) is 24.6. The van der Waals surface area contributed by atoms with Crippen LogP contribution in [0.4, 0.5) is 26.3 Å². The van der Waals surface area contributed by atoms with Gasteiger partial charge in [0.2, 0.25) is 0 Å². The van der Waals surface area contributed by atoms with Crippen LogP contribution < -0.4 is 148 Å². The van der Waals surface area contributed by atoms with Gasteiger partial charge in [0.25, 0.3) is 0 Å².